The number of rotatable bonds is 6. The normalized spacial score (nSPS) is 10.6. The Morgan fingerprint density at radius 1 is 1.47 bits per heavy atom. The highest BCUT2D eigenvalue weighted by atomic mass is 79.9. The van der Waals surface area contributed by atoms with Crippen LogP contribution in [-0.2, 0) is 0 Å². The van der Waals surface area contributed by atoms with Crippen molar-refractivity contribution in [1.29, 1.82) is 0 Å². The Labute approximate surface area is 111 Å². The van der Waals surface area contributed by atoms with Gasteiger partial charge in [-0.2, -0.15) is 0 Å². The summed E-state index contributed by atoms with van der Waals surface area (Å²) in [6.45, 7) is 7.76. The molecule has 1 rings (SSSR count). The minimum Gasteiger partial charge on any atom is -0.351 e. The van der Waals surface area contributed by atoms with E-state index in [2.05, 4.69) is 45.0 Å². The van der Waals surface area contributed by atoms with Crippen molar-refractivity contribution in [3.8, 4) is 0 Å². The molecule has 1 aromatic rings. The Hall–Kier alpha value is -0.940. The lowest BCUT2D eigenvalue weighted by Crippen LogP contribution is -2.34. The minimum atomic E-state index is -0.0860. The van der Waals surface area contributed by atoms with E-state index >= 15 is 0 Å². The summed E-state index contributed by atoms with van der Waals surface area (Å²) < 4.78 is 0.584. The molecule has 1 N–H and O–H groups in total. The smallest absolute Gasteiger partial charge is 0.254 e. The molecular weight excluding hydrogens is 282 g/mol. The first-order chi connectivity index (χ1) is 8.19. The van der Waals surface area contributed by atoms with E-state index in [-0.39, 0.29) is 5.91 Å². The van der Waals surface area contributed by atoms with Gasteiger partial charge in [0.05, 0.1) is 5.56 Å². The fourth-order valence-corrected chi connectivity index (χ4v) is 1.95. The Bertz CT molecular complexity index is 367. The second kappa shape index (κ2) is 7.40. The third-order valence-electron chi connectivity index (χ3n) is 2.61. The molecule has 0 aliphatic carbocycles. The molecule has 0 saturated carbocycles. The van der Waals surface area contributed by atoms with E-state index in [1.165, 1.54) is 0 Å². The molecule has 0 aliphatic rings. The third kappa shape index (κ3) is 4.44. The summed E-state index contributed by atoms with van der Waals surface area (Å²) in [5.41, 5.74) is 0.576. The van der Waals surface area contributed by atoms with Crippen LogP contribution >= 0.6 is 15.9 Å². The van der Waals surface area contributed by atoms with Gasteiger partial charge in [0, 0.05) is 19.3 Å². The number of amides is 1. The molecule has 0 bridgehead atoms. The summed E-state index contributed by atoms with van der Waals surface area (Å²) in [5, 5.41) is 2.89. The van der Waals surface area contributed by atoms with Crippen LogP contribution in [0.2, 0.25) is 0 Å². The van der Waals surface area contributed by atoms with Crippen molar-refractivity contribution < 1.29 is 4.79 Å². The summed E-state index contributed by atoms with van der Waals surface area (Å²) in [5.74, 6) is -0.0860. The zero-order chi connectivity index (χ0) is 12.7. The number of hydrogen-bond donors (Lipinski definition) is 1. The molecule has 0 saturated heterocycles. The van der Waals surface area contributed by atoms with Crippen LogP contribution in [0, 0.1) is 0 Å². The number of pyridine rings is 1. The van der Waals surface area contributed by atoms with Crippen LogP contribution in [0.4, 0.5) is 0 Å². The maximum Gasteiger partial charge on any atom is 0.254 e. The van der Waals surface area contributed by atoms with Gasteiger partial charge in [-0.1, -0.05) is 13.8 Å². The number of likely N-dealkylation sites (N-methyl/N-ethyl adjacent to an activating group) is 1. The second-order valence-electron chi connectivity index (χ2n) is 3.62. The topological polar surface area (TPSA) is 45.2 Å². The highest BCUT2D eigenvalue weighted by Gasteiger charge is 2.09. The predicted octanol–water partition coefficient (Wildman–Crippen LogP) is 1.92. The Morgan fingerprint density at radius 3 is 2.76 bits per heavy atom. The van der Waals surface area contributed by atoms with Crippen molar-refractivity contribution >= 4 is 21.8 Å². The van der Waals surface area contributed by atoms with Gasteiger partial charge in [0.1, 0.15) is 4.60 Å². The van der Waals surface area contributed by atoms with Gasteiger partial charge in [0.2, 0.25) is 0 Å². The van der Waals surface area contributed by atoms with E-state index in [4.69, 9.17) is 0 Å². The molecule has 0 aromatic carbocycles. The summed E-state index contributed by atoms with van der Waals surface area (Å²) in [6.07, 6.45) is 1.65. The van der Waals surface area contributed by atoms with Gasteiger partial charge in [-0.25, -0.2) is 4.98 Å². The average Bonchev–Trinajstić information content (AvgIpc) is 2.35. The van der Waals surface area contributed by atoms with Crippen molar-refractivity contribution in [3.05, 3.63) is 28.5 Å². The highest BCUT2D eigenvalue weighted by molar-refractivity contribution is 9.10. The fraction of sp³-hybridized carbons (Fsp3) is 0.500. The van der Waals surface area contributed by atoms with Crippen molar-refractivity contribution in [2.24, 2.45) is 0 Å². The van der Waals surface area contributed by atoms with Crippen molar-refractivity contribution in [2.75, 3.05) is 26.2 Å². The Kier molecular flexibility index (Phi) is 6.15. The number of nitrogens with zero attached hydrogens (tertiary/aromatic N) is 2. The van der Waals surface area contributed by atoms with Gasteiger partial charge < -0.3 is 10.2 Å². The summed E-state index contributed by atoms with van der Waals surface area (Å²) in [4.78, 5) is 18.1. The first kappa shape index (κ1) is 14.1. The van der Waals surface area contributed by atoms with E-state index in [1.54, 1.807) is 18.3 Å². The molecule has 0 radical (unpaired) electrons. The van der Waals surface area contributed by atoms with Gasteiger partial charge in [0.25, 0.3) is 5.91 Å². The summed E-state index contributed by atoms with van der Waals surface area (Å²) in [6, 6.07) is 3.51. The van der Waals surface area contributed by atoms with Crippen LogP contribution < -0.4 is 5.32 Å². The molecule has 1 aromatic heterocycles. The quantitative estimate of drug-likeness (QED) is 0.816. The van der Waals surface area contributed by atoms with E-state index in [0.717, 1.165) is 19.6 Å². The van der Waals surface area contributed by atoms with Crippen LogP contribution in [-0.4, -0.2) is 42.0 Å². The van der Waals surface area contributed by atoms with Crippen LogP contribution in [0.3, 0.4) is 0 Å². The molecule has 0 unspecified atom stereocenters. The molecule has 0 fully saturated rings. The molecule has 5 heteroatoms. The molecule has 94 valence electrons. The molecule has 4 nitrogen and oxygen atoms in total. The number of carbonyl (C=O) groups is 1. The van der Waals surface area contributed by atoms with E-state index in [1.807, 2.05) is 0 Å². The van der Waals surface area contributed by atoms with Crippen LogP contribution in [0.1, 0.15) is 24.2 Å². The Balaban J connectivity index is 2.43. The van der Waals surface area contributed by atoms with Crippen molar-refractivity contribution in [2.45, 2.75) is 13.8 Å². The lowest BCUT2D eigenvalue weighted by molar-refractivity contribution is 0.0947. The maximum atomic E-state index is 11.8. The number of aromatic nitrogens is 1. The maximum absolute atomic E-state index is 11.8. The average molecular weight is 300 g/mol. The SMILES string of the molecule is CCN(CC)CCNC(=O)c1cccnc1Br. The molecular formula is C12H18BrN3O. The largest absolute Gasteiger partial charge is 0.351 e. The first-order valence-corrected chi connectivity index (χ1v) is 6.59. The summed E-state index contributed by atoms with van der Waals surface area (Å²) >= 11 is 3.26. The minimum absolute atomic E-state index is 0.0860. The van der Waals surface area contributed by atoms with E-state index in [9.17, 15) is 4.79 Å². The monoisotopic (exact) mass is 299 g/mol. The lowest BCUT2D eigenvalue weighted by Gasteiger charge is -2.17. The van der Waals surface area contributed by atoms with Gasteiger partial charge in [-0.15, -0.1) is 0 Å². The highest BCUT2D eigenvalue weighted by Crippen LogP contribution is 2.11. The second-order valence-corrected chi connectivity index (χ2v) is 4.38. The number of hydrogen-bond acceptors (Lipinski definition) is 3. The van der Waals surface area contributed by atoms with Gasteiger partial charge in [0.15, 0.2) is 0 Å². The lowest BCUT2D eigenvalue weighted by atomic mass is 10.3. The molecule has 1 heterocycles. The van der Waals surface area contributed by atoms with E-state index in [0.29, 0.717) is 16.7 Å². The van der Waals surface area contributed by atoms with Crippen molar-refractivity contribution in [1.82, 2.24) is 15.2 Å². The third-order valence-corrected chi connectivity index (χ3v) is 3.24. The zero-order valence-electron chi connectivity index (χ0n) is 10.2. The standard InChI is InChI=1S/C12H18BrN3O/c1-3-16(4-2)9-8-15-12(17)10-6-5-7-14-11(10)13/h5-7H,3-4,8-9H2,1-2H3,(H,15,17). The Morgan fingerprint density at radius 2 is 2.18 bits per heavy atom. The molecule has 0 atom stereocenters. The zero-order valence-corrected chi connectivity index (χ0v) is 11.8. The molecule has 1 amide bonds. The fourth-order valence-electron chi connectivity index (χ4n) is 1.52. The van der Waals surface area contributed by atoms with Gasteiger partial charge >= 0.3 is 0 Å². The molecule has 0 aliphatic heterocycles. The van der Waals surface area contributed by atoms with Gasteiger partial charge in [-0.3, -0.25) is 4.79 Å². The summed E-state index contributed by atoms with van der Waals surface area (Å²) in [7, 11) is 0. The first-order valence-electron chi connectivity index (χ1n) is 5.80. The number of nitrogens with one attached hydrogen (secondary N) is 1. The predicted molar refractivity (Wildman–Crippen MR) is 72.1 cm³/mol. The van der Waals surface area contributed by atoms with E-state index < -0.39 is 0 Å². The van der Waals surface area contributed by atoms with Crippen molar-refractivity contribution in [3.63, 3.8) is 0 Å². The van der Waals surface area contributed by atoms with Crippen LogP contribution in [0.25, 0.3) is 0 Å². The number of carbonyl (C=O) groups excluding carboxylic acids is 1. The van der Waals surface area contributed by atoms with Crippen LogP contribution in [0.5, 0.6) is 0 Å². The van der Waals surface area contributed by atoms with Crippen LogP contribution in [0.15, 0.2) is 22.9 Å². The molecule has 0 spiro atoms. The van der Waals surface area contributed by atoms with Gasteiger partial charge in [-0.05, 0) is 41.2 Å². The number of halogens is 1. The molecule has 17 heavy (non-hydrogen) atoms.